The van der Waals surface area contributed by atoms with Crippen LogP contribution in [0, 0.1) is 12.3 Å². The van der Waals surface area contributed by atoms with Gasteiger partial charge in [-0.2, -0.15) is 0 Å². The van der Waals surface area contributed by atoms with Gasteiger partial charge in [0.2, 0.25) is 5.91 Å². The second-order valence-electron chi connectivity index (χ2n) is 7.01. The summed E-state index contributed by atoms with van der Waals surface area (Å²) in [5.41, 5.74) is 4.18. The van der Waals surface area contributed by atoms with Crippen molar-refractivity contribution in [1.29, 1.82) is 0 Å². The van der Waals surface area contributed by atoms with Crippen LogP contribution in [0.25, 0.3) is 11.1 Å². The lowest BCUT2D eigenvalue weighted by Crippen LogP contribution is -2.15. The van der Waals surface area contributed by atoms with Crippen LogP contribution in [-0.2, 0) is 4.79 Å². The van der Waals surface area contributed by atoms with E-state index in [1.54, 1.807) is 6.20 Å². The van der Waals surface area contributed by atoms with Crippen molar-refractivity contribution in [2.24, 2.45) is 5.41 Å². The van der Waals surface area contributed by atoms with Crippen molar-refractivity contribution < 1.29 is 4.79 Å². The summed E-state index contributed by atoms with van der Waals surface area (Å²) in [6.45, 7) is 8.44. The number of aryl methyl sites for hydroxylation is 1. The van der Waals surface area contributed by atoms with Gasteiger partial charge in [-0.05, 0) is 59.7 Å². The van der Waals surface area contributed by atoms with Gasteiger partial charge >= 0.3 is 0 Å². The van der Waals surface area contributed by atoms with Crippen molar-refractivity contribution in [2.45, 2.75) is 40.5 Å². The van der Waals surface area contributed by atoms with Crippen molar-refractivity contribution in [3.63, 3.8) is 0 Å². The van der Waals surface area contributed by atoms with E-state index in [1.807, 2.05) is 37.3 Å². The number of hydrogen-bond donors (Lipinski definition) is 1. The Bertz CT molecular complexity index is 705. The Morgan fingerprint density at radius 3 is 2.57 bits per heavy atom. The molecular formula is C19H23ClN2O. The number of nitrogens with zero attached hydrogens (tertiary/aromatic N) is 1. The van der Waals surface area contributed by atoms with E-state index in [4.69, 9.17) is 11.6 Å². The fraction of sp³-hybridized carbons (Fsp3) is 0.368. The van der Waals surface area contributed by atoms with Crippen LogP contribution in [0.5, 0.6) is 0 Å². The summed E-state index contributed by atoms with van der Waals surface area (Å²) in [7, 11) is 0. The average Bonchev–Trinajstić information content (AvgIpc) is 2.44. The van der Waals surface area contributed by atoms with Crippen molar-refractivity contribution in [2.75, 3.05) is 5.32 Å². The maximum Gasteiger partial charge on any atom is 0.224 e. The SMILES string of the molecule is Cc1cc(NC(=O)CCC(C)(C)C)ccc1-c1ccnc(Cl)c1. The Morgan fingerprint density at radius 1 is 1.22 bits per heavy atom. The molecule has 2 rings (SSSR count). The van der Waals surface area contributed by atoms with Crippen molar-refractivity contribution in [1.82, 2.24) is 4.98 Å². The van der Waals surface area contributed by atoms with Crippen LogP contribution in [0.15, 0.2) is 36.5 Å². The molecule has 0 spiro atoms. The summed E-state index contributed by atoms with van der Waals surface area (Å²) in [4.78, 5) is 16.0. The normalized spacial score (nSPS) is 11.3. The predicted molar refractivity (Wildman–Crippen MR) is 96.7 cm³/mol. The first kappa shape index (κ1) is 17.5. The summed E-state index contributed by atoms with van der Waals surface area (Å²) >= 11 is 5.95. The minimum absolute atomic E-state index is 0.0547. The van der Waals surface area contributed by atoms with Crippen LogP contribution in [0.2, 0.25) is 5.15 Å². The molecule has 1 aromatic heterocycles. The highest BCUT2D eigenvalue weighted by Crippen LogP contribution is 2.27. The van der Waals surface area contributed by atoms with Gasteiger partial charge < -0.3 is 5.32 Å². The molecule has 0 saturated heterocycles. The lowest BCUT2D eigenvalue weighted by Gasteiger charge is -2.17. The summed E-state index contributed by atoms with van der Waals surface area (Å²) in [5.74, 6) is 0.0547. The smallest absolute Gasteiger partial charge is 0.224 e. The second-order valence-corrected chi connectivity index (χ2v) is 7.39. The highest BCUT2D eigenvalue weighted by atomic mass is 35.5. The number of amides is 1. The quantitative estimate of drug-likeness (QED) is 0.755. The van der Waals surface area contributed by atoms with Gasteiger partial charge in [0.15, 0.2) is 0 Å². The van der Waals surface area contributed by atoms with E-state index in [0.717, 1.165) is 28.8 Å². The summed E-state index contributed by atoms with van der Waals surface area (Å²) < 4.78 is 0. The van der Waals surface area contributed by atoms with E-state index in [1.165, 1.54) is 0 Å². The Labute approximate surface area is 143 Å². The molecule has 0 fully saturated rings. The molecule has 122 valence electrons. The molecule has 0 unspecified atom stereocenters. The second kappa shape index (κ2) is 7.14. The van der Waals surface area contributed by atoms with Crippen LogP contribution in [0.4, 0.5) is 5.69 Å². The monoisotopic (exact) mass is 330 g/mol. The third-order valence-corrected chi connectivity index (χ3v) is 3.86. The molecule has 0 aliphatic heterocycles. The highest BCUT2D eigenvalue weighted by Gasteiger charge is 2.13. The fourth-order valence-corrected chi connectivity index (χ4v) is 2.52. The van der Waals surface area contributed by atoms with Crippen molar-refractivity contribution in [3.8, 4) is 11.1 Å². The van der Waals surface area contributed by atoms with Gasteiger partial charge in [-0.15, -0.1) is 0 Å². The first-order chi connectivity index (χ1) is 10.7. The molecule has 3 nitrogen and oxygen atoms in total. The van der Waals surface area contributed by atoms with Crippen LogP contribution < -0.4 is 5.32 Å². The number of hydrogen-bond acceptors (Lipinski definition) is 2. The number of aromatic nitrogens is 1. The molecule has 0 aliphatic carbocycles. The molecular weight excluding hydrogens is 308 g/mol. The summed E-state index contributed by atoms with van der Waals surface area (Å²) in [5, 5.41) is 3.44. The molecule has 1 aromatic carbocycles. The predicted octanol–water partition coefficient (Wildman–Crippen LogP) is 5.48. The third-order valence-electron chi connectivity index (χ3n) is 3.65. The Kier molecular flexibility index (Phi) is 5.42. The number of pyridine rings is 1. The zero-order valence-corrected chi connectivity index (χ0v) is 14.9. The van der Waals surface area contributed by atoms with Gasteiger partial charge in [0, 0.05) is 18.3 Å². The maximum atomic E-state index is 12.0. The lowest BCUT2D eigenvalue weighted by molar-refractivity contribution is -0.116. The number of carbonyl (C=O) groups is 1. The number of benzene rings is 1. The van der Waals surface area contributed by atoms with Crippen molar-refractivity contribution in [3.05, 3.63) is 47.2 Å². The Hall–Kier alpha value is -1.87. The topological polar surface area (TPSA) is 42.0 Å². The Morgan fingerprint density at radius 2 is 1.96 bits per heavy atom. The number of halogens is 1. The molecule has 0 saturated carbocycles. The molecule has 0 atom stereocenters. The van der Waals surface area contributed by atoms with E-state index in [-0.39, 0.29) is 11.3 Å². The molecule has 0 radical (unpaired) electrons. The van der Waals surface area contributed by atoms with E-state index in [9.17, 15) is 4.79 Å². The minimum atomic E-state index is 0.0547. The third kappa shape index (κ3) is 5.36. The van der Waals surface area contributed by atoms with Crippen LogP contribution in [0.1, 0.15) is 39.2 Å². The van der Waals surface area contributed by atoms with E-state index >= 15 is 0 Å². The number of rotatable bonds is 4. The van der Waals surface area contributed by atoms with Crippen LogP contribution in [-0.4, -0.2) is 10.9 Å². The lowest BCUT2D eigenvalue weighted by atomic mass is 9.90. The van der Waals surface area contributed by atoms with E-state index < -0.39 is 0 Å². The number of anilines is 1. The number of carbonyl (C=O) groups excluding carboxylic acids is 1. The van der Waals surface area contributed by atoms with Crippen LogP contribution >= 0.6 is 11.6 Å². The molecule has 1 heterocycles. The zero-order valence-electron chi connectivity index (χ0n) is 14.1. The zero-order chi connectivity index (χ0) is 17.0. The fourth-order valence-electron chi connectivity index (χ4n) is 2.35. The van der Waals surface area contributed by atoms with Gasteiger partial charge in [-0.25, -0.2) is 4.98 Å². The van der Waals surface area contributed by atoms with Gasteiger partial charge in [0.05, 0.1) is 0 Å². The largest absolute Gasteiger partial charge is 0.326 e. The van der Waals surface area contributed by atoms with Gasteiger partial charge in [-0.3, -0.25) is 4.79 Å². The molecule has 0 bridgehead atoms. The molecule has 1 amide bonds. The van der Waals surface area contributed by atoms with E-state index in [0.29, 0.717) is 11.6 Å². The van der Waals surface area contributed by atoms with E-state index in [2.05, 4.69) is 31.1 Å². The highest BCUT2D eigenvalue weighted by molar-refractivity contribution is 6.29. The minimum Gasteiger partial charge on any atom is -0.326 e. The molecule has 2 aromatic rings. The van der Waals surface area contributed by atoms with Gasteiger partial charge in [-0.1, -0.05) is 38.4 Å². The molecule has 1 N–H and O–H groups in total. The molecule has 0 aliphatic rings. The first-order valence-electron chi connectivity index (χ1n) is 7.77. The molecule has 23 heavy (non-hydrogen) atoms. The summed E-state index contributed by atoms with van der Waals surface area (Å²) in [6, 6.07) is 9.67. The van der Waals surface area contributed by atoms with Crippen molar-refractivity contribution >= 4 is 23.2 Å². The first-order valence-corrected chi connectivity index (χ1v) is 8.15. The standard InChI is InChI=1S/C19H23ClN2O/c1-13-11-15(22-18(23)7-9-19(2,3)4)5-6-16(13)14-8-10-21-17(20)12-14/h5-6,8,10-12H,7,9H2,1-4H3,(H,22,23). The molecule has 4 heteroatoms. The van der Waals surface area contributed by atoms with Gasteiger partial charge in [0.25, 0.3) is 0 Å². The van der Waals surface area contributed by atoms with Gasteiger partial charge in [0.1, 0.15) is 5.15 Å². The number of nitrogens with one attached hydrogen (secondary N) is 1. The Balaban J connectivity index is 2.09. The average molecular weight is 331 g/mol. The van der Waals surface area contributed by atoms with Crippen LogP contribution in [0.3, 0.4) is 0 Å². The maximum absolute atomic E-state index is 12.0. The summed E-state index contributed by atoms with van der Waals surface area (Å²) in [6.07, 6.45) is 3.09.